The van der Waals surface area contributed by atoms with Crippen molar-refractivity contribution in [3.05, 3.63) is 69.9 Å². The number of aromatic nitrogens is 3. The molecule has 0 bridgehead atoms. The number of halogens is 2. The summed E-state index contributed by atoms with van der Waals surface area (Å²) < 4.78 is 8.18. The number of hydrogen-bond donors (Lipinski definition) is 1. The van der Waals surface area contributed by atoms with Gasteiger partial charge in [-0.1, -0.05) is 45.7 Å². The van der Waals surface area contributed by atoms with Crippen molar-refractivity contribution in [1.82, 2.24) is 14.8 Å². The van der Waals surface area contributed by atoms with E-state index >= 15 is 0 Å². The van der Waals surface area contributed by atoms with E-state index < -0.39 is 0 Å². The maximum Gasteiger partial charge on any atom is 0.248 e. The van der Waals surface area contributed by atoms with E-state index in [-0.39, 0.29) is 24.9 Å². The number of nitrogens with zero attached hydrogens (tertiary/aromatic N) is 3. The maximum atomic E-state index is 12.0. The molecule has 8 heteroatoms. The summed E-state index contributed by atoms with van der Waals surface area (Å²) in [7, 11) is 0. The number of ether oxygens (including phenoxy) is 1. The first-order valence-corrected chi connectivity index (χ1v) is 9.08. The van der Waals surface area contributed by atoms with Crippen molar-refractivity contribution in [2.45, 2.75) is 13.0 Å². The van der Waals surface area contributed by atoms with Crippen LogP contribution in [0.4, 0.5) is 5.95 Å². The lowest BCUT2D eigenvalue weighted by molar-refractivity contribution is -0.116. The molecule has 3 rings (SSSR count). The Morgan fingerprint density at radius 2 is 2.04 bits per heavy atom. The quantitative estimate of drug-likeness (QED) is 0.605. The molecule has 1 heterocycles. The van der Waals surface area contributed by atoms with Crippen LogP contribution >= 0.6 is 27.5 Å². The molecule has 0 atom stereocenters. The Kier molecular flexibility index (Phi) is 6.25. The number of anilines is 1. The van der Waals surface area contributed by atoms with E-state index in [1.54, 1.807) is 35.3 Å². The van der Waals surface area contributed by atoms with Crippen LogP contribution in [0.1, 0.15) is 12.0 Å². The maximum absolute atomic E-state index is 12.0. The summed E-state index contributed by atoms with van der Waals surface area (Å²) in [4.78, 5) is 16.1. The molecule has 0 aliphatic rings. The second-order valence-electron chi connectivity index (χ2n) is 5.50. The SMILES string of the molecule is O=C(CCOc1cccc(Cl)c1)Nc1ncn(Cc2ccc(Br)cc2)n1. The Morgan fingerprint density at radius 1 is 1.23 bits per heavy atom. The monoisotopic (exact) mass is 434 g/mol. The summed E-state index contributed by atoms with van der Waals surface area (Å²) in [5.74, 6) is 0.686. The zero-order chi connectivity index (χ0) is 18.4. The van der Waals surface area contributed by atoms with Crippen molar-refractivity contribution in [1.29, 1.82) is 0 Å². The summed E-state index contributed by atoms with van der Waals surface area (Å²) in [6.45, 7) is 0.819. The van der Waals surface area contributed by atoms with Crippen molar-refractivity contribution in [2.75, 3.05) is 11.9 Å². The molecular weight excluding hydrogens is 420 g/mol. The zero-order valence-electron chi connectivity index (χ0n) is 13.7. The lowest BCUT2D eigenvalue weighted by Crippen LogP contribution is -2.16. The van der Waals surface area contributed by atoms with Gasteiger partial charge in [0.25, 0.3) is 0 Å². The minimum atomic E-state index is -0.214. The van der Waals surface area contributed by atoms with E-state index in [1.165, 1.54) is 0 Å². The van der Waals surface area contributed by atoms with Gasteiger partial charge in [-0.05, 0) is 35.9 Å². The third-order valence-corrected chi connectivity index (χ3v) is 4.20. The van der Waals surface area contributed by atoms with Crippen LogP contribution in [0.15, 0.2) is 59.3 Å². The number of carbonyl (C=O) groups excluding carboxylic acids is 1. The molecule has 0 aliphatic carbocycles. The molecule has 6 nitrogen and oxygen atoms in total. The molecule has 1 aromatic heterocycles. The Bertz CT molecular complexity index is 883. The van der Waals surface area contributed by atoms with Crippen LogP contribution in [0, 0.1) is 0 Å². The third-order valence-electron chi connectivity index (χ3n) is 3.44. The molecule has 0 fully saturated rings. The highest BCUT2D eigenvalue weighted by Crippen LogP contribution is 2.17. The average Bonchev–Trinajstić information content (AvgIpc) is 3.04. The van der Waals surface area contributed by atoms with E-state index in [0.29, 0.717) is 17.3 Å². The Balaban J connectivity index is 1.46. The fourth-order valence-corrected chi connectivity index (χ4v) is 2.66. The Hall–Kier alpha value is -2.38. The molecule has 1 N–H and O–H groups in total. The lowest BCUT2D eigenvalue weighted by atomic mass is 10.2. The van der Waals surface area contributed by atoms with Gasteiger partial charge in [-0.15, -0.1) is 5.10 Å². The Labute approximate surface area is 164 Å². The average molecular weight is 436 g/mol. The van der Waals surface area contributed by atoms with E-state index in [0.717, 1.165) is 10.0 Å². The van der Waals surface area contributed by atoms with Crippen LogP contribution in [0.5, 0.6) is 5.75 Å². The predicted molar refractivity (Wildman–Crippen MR) is 103 cm³/mol. The summed E-state index contributed by atoms with van der Waals surface area (Å²) in [5.41, 5.74) is 1.09. The van der Waals surface area contributed by atoms with Crippen molar-refractivity contribution in [3.8, 4) is 5.75 Å². The molecule has 0 saturated carbocycles. The number of benzene rings is 2. The van der Waals surface area contributed by atoms with Crippen molar-refractivity contribution in [3.63, 3.8) is 0 Å². The fraction of sp³-hybridized carbons (Fsp3) is 0.167. The first kappa shape index (κ1) is 18.4. The number of carbonyl (C=O) groups is 1. The molecule has 0 spiro atoms. The number of amides is 1. The Morgan fingerprint density at radius 3 is 2.81 bits per heavy atom. The van der Waals surface area contributed by atoms with Crippen molar-refractivity contribution < 1.29 is 9.53 Å². The van der Waals surface area contributed by atoms with Crippen LogP contribution in [0.3, 0.4) is 0 Å². The van der Waals surface area contributed by atoms with Gasteiger partial charge in [-0.2, -0.15) is 0 Å². The van der Waals surface area contributed by atoms with Gasteiger partial charge in [0.05, 0.1) is 19.6 Å². The van der Waals surface area contributed by atoms with Crippen LogP contribution in [0.25, 0.3) is 0 Å². The first-order chi connectivity index (χ1) is 12.6. The molecule has 2 aromatic carbocycles. The summed E-state index contributed by atoms with van der Waals surface area (Å²) in [6, 6.07) is 15.0. The van der Waals surface area contributed by atoms with E-state index in [4.69, 9.17) is 16.3 Å². The van der Waals surface area contributed by atoms with Gasteiger partial charge >= 0.3 is 0 Å². The van der Waals surface area contributed by atoms with Gasteiger partial charge < -0.3 is 4.74 Å². The lowest BCUT2D eigenvalue weighted by Gasteiger charge is -2.06. The van der Waals surface area contributed by atoms with Crippen LogP contribution in [0.2, 0.25) is 5.02 Å². The standard InChI is InChI=1S/C18H16BrClN4O2/c19-14-6-4-13(5-7-14)11-24-12-21-18(23-24)22-17(25)8-9-26-16-3-1-2-15(20)10-16/h1-7,10,12H,8-9,11H2,(H,22,23,25). The zero-order valence-corrected chi connectivity index (χ0v) is 16.1. The van der Waals surface area contributed by atoms with Crippen molar-refractivity contribution in [2.24, 2.45) is 0 Å². The molecule has 134 valence electrons. The smallest absolute Gasteiger partial charge is 0.248 e. The normalized spacial score (nSPS) is 10.5. The molecular formula is C18H16BrClN4O2. The topological polar surface area (TPSA) is 69.0 Å². The first-order valence-electron chi connectivity index (χ1n) is 7.90. The molecule has 0 unspecified atom stereocenters. The number of rotatable bonds is 7. The highest BCUT2D eigenvalue weighted by atomic mass is 79.9. The summed E-state index contributed by atoms with van der Waals surface area (Å²) >= 11 is 9.28. The molecule has 26 heavy (non-hydrogen) atoms. The predicted octanol–water partition coefficient (Wildman–Crippen LogP) is 4.15. The molecule has 0 radical (unpaired) electrons. The van der Waals surface area contributed by atoms with Crippen molar-refractivity contribution >= 4 is 39.4 Å². The van der Waals surface area contributed by atoms with Crippen LogP contribution < -0.4 is 10.1 Å². The number of nitrogens with one attached hydrogen (secondary N) is 1. The third kappa shape index (κ3) is 5.57. The van der Waals surface area contributed by atoms with Gasteiger partial charge in [0, 0.05) is 9.50 Å². The van der Waals surface area contributed by atoms with Gasteiger partial charge in [0.15, 0.2) is 0 Å². The molecule has 1 amide bonds. The molecule has 3 aromatic rings. The van der Waals surface area contributed by atoms with Gasteiger partial charge in [0.1, 0.15) is 12.1 Å². The van der Waals surface area contributed by atoms with Gasteiger partial charge in [0.2, 0.25) is 11.9 Å². The minimum absolute atomic E-state index is 0.188. The van der Waals surface area contributed by atoms with Crippen LogP contribution in [-0.4, -0.2) is 27.3 Å². The largest absolute Gasteiger partial charge is 0.493 e. The number of hydrogen-bond acceptors (Lipinski definition) is 4. The van der Waals surface area contributed by atoms with E-state index in [2.05, 4.69) is 31.3 Å². The van der Waals surface area contributed by atoms with E-state index in [1.807, 2.05) is 24.3 Å². The molecule has 0 aliphatic heterocycles. The van der Waals surface area contributed by atoms with Gasteiger partial charge in [-0.25, -0.2) is 9.67 Å². The summed E-state index contributed by atoms with van der Waals surface area (Å²) in [6.07, 6.45) is 1.77. The van der Waals surface area contributed by atoms with Gasteiger partial charge in [-0.3, -0.25) is 10.1 Å². The van der Waals surface area contributed by atoms with E-state index in [9.17, 15) is 4.79 Å². The van der Waals surface area contributed by atoms with Crippen LogP contribution in [-0.2, 0) is 11.3 Å². The summed E-state index contributed by atoms with van der Waals surface area (Å²) in [5, 5.41) is 7.50. The fourth-order valence-electron chi connectivity index (χ4n) is 2.21. The second kappa shape index (κ2) is 8.82. The highest BCUT2D eigenvalue weighted by molar-refractivity contribution is 9.10. The minimum Gasteiger partial charge on any atom is -0.493 e. The highest BCUT2D eigenvalue weighted by Gasteiger charge is 2.07. The second-order valence-corrected chi connectivity index (χ2v) is 6.85. The molecule has 0 saturated heterocycles.